The minimum atomic E-state index is -0.0963. The fourth-order valence-corrected chi connectivity index (χ4v) is 3.69. The number of rotatable bonds is 7. The van der Waals surface area contributed by atoms with Gasteiger partial charge in [0.1, 0.15) is 6.54 Å². The van der Waals surface area contributed by atoms with Crippen molar-refractivity contribution in [1.82, 2.24) is 30.0 Å². The van der Waals surface area contributed by atoms with Crippen molar-refractivity contribution in [1.29, 1.82) is 0 Å². The molecule has 0 unspecified atom stereocenters. The quantitative estimate of drug-likeness (QED) is 0.594. The lowest BCUT2D eigenvalue weighted by Gasteiger charge is -2.14. The summed E-state index contributed by atoms with van der Waals surface area (Å²) in [4.78, 5) is 35.2. The molecule has 0 radical (unpaired) electrons. The molecule has 9 nitrogen and oxygen atoms in total. The van der Waals surface area contributed by atoms with E-state index in [-0.39, 0.29) is 18.4 Å². The Morgan fingerprint density at radius 3 is 2.56 bits per heavy atom. The van der Waals surface area contributed by atoms with E-state index >= 15 is 0 Å². The summed E-state index contributed by atoms with van der Waals surface area (Å²) in [5.74, 6) is 0.423. The van der Waals surface area contributed by atoms with Crippen LogP contribution >= 0.6 is 0 Å². The zero-order valence-corrected chi connectivity index (χ0v) is 18.3. The van der Waals surface area contributed by atoms with E-state index in [9.17, 15) is 9.59 Å². The lowest BCUT2D eigenvalue weighted by atomic mass is 10.1. The number of anilines is 2. The summed E-state index contributed by atoms with van der Waals surface area (Å²) in [5, 5.41) is 10.2. The van der Waals surface area contributed by atoms with Crippen LogP contribution < -0.4 is 10.6 Å². The number of carbonyl (C=O) groups excluding carboxylic acids is 2. The van der Waals surface area contributed by atoms with Gasteiger partial charge in [0, 0.05) is 43.2 Å². The minimum absolute atomic E-state index is 0.0853. The molecule has 9 heteroatoms. The van der Waals surface area contributed by atoms with Crippen LogP contribution in [0.25, 0.3) is 11.3 Å². The van der Waals surface area contributed by atoms with Gasteiger partial charge in [-0.25, -0.2) is 9.97 Å². The van der Waals surface area contributed by atoms with E-state index in [2.05, 4.69) is 25.7 Å². The summed E-state index contributed by atoms with van der Waals surface area (Å²) in [5.41, 5.74) is 3.92. The second-order valence-electron chi connectivity index (χ2n) is 7.80. The van der Waals surface area contributed by atoms with E-state index < -0.39 is 0 Å². The SMILES string of the molecule is CCNC(=O)c1ccc(-c2nc(Nc3cnn(CC(=O)N4CCCC4)c3)ncc2C)cc1. The molecule has 2 N–H and O–H groups in total. The predicted molar refractivity (Wildman–Crippen MR) is 122 cm³/mol. The van der Waals surface area contributed by atoms with Gasteiger partial charge in [0.2, 0.25) is 11.9 Å². The highest BCUT2D eigenvalue weighted by Crippen LogP contribution is 2.23. The van der Waals surface area contributed by atoms with Crippen LogP contribution in [-0.4, -0.2) is 56.1 Å². The summed E-state index contributed by atoms with van der Waals surface area (Å²) in [6.45, 7) is 6.30. The molecule has 3 heterocycles. The van der Waals surface area contributed by atoms with Crippen molar-refractivity contribution in [2.24, 2.45) is 0 Å². The highest BCUT2D eigenvalue weighted by molar-refractivity contribution is 5.94. The minimum Gasteiger partial charge on any atom is -0.352 e. The Morgan fingerprint density at radius 2 is 1.84 bits per heavy atom. The fraction of sp³-hybridized carbons (Fsp3) is 0.348. The van der Waals surface area contributed by atoms with Crippen LogP contribution in [0.1, 0.15) is 35.7 Å². The summed E-state index contributed by atoms with van der Waals surface area (Å²) in [6, 6.07) is 7.34. The Morgan fingerprint density at radius 1 is 1.09 bits per heavy atom. The van der Waals surface area contributed by atoms with Crippen LogP contribution in [0.2, 0.25) is 0 Å². The molecule has 166 valence electrons. The van der Waals surface area contributed by atoms with E-state index in [1.807, 2.05) is 30.9 Å². The van der Waals surface area contributed by atoms with Gasteiger partial charge in [-0.3, -0.25) is 14.3 Å². The number of carbonyl (C=O) groups is 2. The first-order valence-electron chi connectivity index (χ1n) is 10.8. The first-order chi connectivity index (χ1) is 15.5. The molecule has 0 bridgehead atoms. The van der Waals surface area contributed by atoms with Crippen LogP contribution in [0, 0.1) is 6.92 Å². The van der Waals surface area contributed by atoms with Gasteiger partial charge >= 0.3 is 0 Å². The average Bonchev–Trinajstić information content (AvgIpc) is 3.48. The molecule has 4 rings (SSSR count). The smallest absolute Gasteiger partial charge is 0.251 e. The van der Waals surface area contributed by atoms with Gasteiger partial charge in [-0.2, -0.15) is 5.10 Å². The second-order valence-corrected chi connectivity index (χ2v) is 7.80. The number of amides is 2. The van der Waals surface area contributed by atoms with E-state index in [1.54, 1.807) is 35.4 Å². The van der Waals surface area contributed by atoms with E-state index in [0.29, 0.717) is 23.7 Å². The normalized spacial score (nSPS) is 13.2. The summed E-state index contributed by atoms with van der Waals surface area (Å²) in [7, 11) is 0. The number of hydrogen-bond donors (Lipinski definition) is 2. The lowest BCUT2D eigenvalue weighted by Crippen LogP contribution is -2.31. The summed E-state index contributed by atoms with van der Waals surface area (Å²) < 4.78 is 1.62. The molecule has 32 heavy (non-hydrogen) atoms. The largest absolute Gasteiger partial charge is 0.352 e. The van der Waals surface area contributed by atoms with E-state index in [1.165, 1.54) is 0 Å². The number of likely N-dealkylation sites (tertiary alicyclic amines) is 1. The Balaban J connectivity index is 1.45. The van der Waals surface area contributed by atoms with Gasteiger partial charge in [-0.05, 0) is 44.4 Å². The number of hydrogen-bond acceptors (Lipinski definition) is 6. The van der Waals surface area contributed by atoms with Crippen LogP contribution in [0.4, 0.5) is 11.6 Å². The molecule has 1 aliphatic heterocycles. The third kappa shape index (κ3) is 4.93. The molecular weight excluding hydrogens is 406 g/mol. The maximum absolute atomic E-state index is 12.3. The second kappa shape index (κ2) is 9.59. The van der Waals surface area contributed by atoms with Gasteiger partial charge in [0.05, 0.1) is 17.6 Å². The maximum atomic E-state index is 12.3. The van der Waals surface area contributed by atoms with E-state index in [4.69, 9.17) is 0 Å². The van der Waals surface area contributed by atoms with Crippen molar-refractivity contribution < 1.29 is 9.59 Å². The first kappa shape index (κ1) is 21.5. The molecule has 1 aliphatic rings. The molecule has 1 fully saturated rings. The van der Waals surface area contributed by atoms with Crippen molar-refractivity contribution >= 4 is 23.5 Å². The number of aryl methyl sites for hydroxylation is 1. The third-order valence-corrected chi connectivity index (χ3v) is 5.37. The van der Waals surface area contributed by atoms with Gasteiger partial charge < -0.3 is 15.5 Å². The monoisotopic (exact) mass is 433 g/mol. The van der Waals surface area contributed by atoms with Crippen LogP contribution in [0.15, 0.2) is 42.9 Å². The number of aromatic nitrogens is 4. The number of nitrogens with zero attached hydrogens (tertiary/aromatic N) is 5. The van der Waals surface area contributed by atoms with E-state index in [0.717, 1.165) is 42.8 Å². The average molecular weight is 434 g/mol. The predicted octanol–water partition coefficient (Wildman–Crippen LogP) is 2.76. The molecule has 0 aliphatic carbocycles. The topological polar surface area (TPSA) is 105 Å². The fourth-order valence-electron chi connectivity index (χ4n) is 3.69. The molecule has 2 amide bonds. The molecule has 0 spiro atoms. The standard InChI is InChI=1S/C23H27N7O2/c1-3-24-22(32)18-8-6-17(7-9-18)21-16(2)12-25-23(28-21)27-19-13-26-30(14-19)15-20(31)29-10-4-5-11-29/h6-9,12-14H,3-5,10-11,15H2,1-2H3,(H,24,32)(H,25,27,28). The summed E-state index contributed by atoms with van der Waals surface area (Å²) >= 11 is 0. The molecule has 0 atom stereocenters. The zero-order chi connectivity index (χ0) is 22.5. The summed E-state index contributed by atoms with van der Waals surface area (Å²) in [6.07, 6.45) is 7.32. The Labute approximate surface area is 186 Å². The highest BCUT2D eigenvalue weighted by atomic mass is 16.2. The molecule has 2 aromatic heterocycles. The molecular formula is C23H27N7O2. The van der Waals surface area contributed by atoms with Gasteiger partial charge in [-0.15, -0.1) is 0 Å². The van der Waals surface area contributed by atoms with Crippen molar-refractivity contribution in [3.63, 3.8) is 0 Å². The van der Waals surface area contributed by atoms with Crippen molar-refractivity contribution in [3.8, 4) is 11.3 Å². The zero-order valence-electron chi connectivity index (χ0n) is 18.3. The molecule has 0 saturated carbocycles. The van der Waals surface area contributed by atoms with Gasteiger partial charge in [0.15, 0.2) is 0 Å². The highest BCUT2D eigenvalue weighted by Gasteiger charge is 2.18. The Kier molecular flexibility index (Phi) is 6.44. The lowest BCUT2D eigenvalue weighted by molar-refractivity contribution is -0.130. The number of benzene rings is 1. The van der Waals surface area contributed by atoms with Crippen molar-refractivity contribution in [3.05, 3.63) is 54.0 Å². The van der Waals surface area contributed by atoms with Crippen molar-refractivity contribution in [2.45, 2.75) is 33.2 Å². The van der Waals surface area contributed by atoms with Crippen molar-refractivity contribution in [2.75, 3.05) is 25.0 Å². The van der Waals surface area contributed by atoms with Crippen LogP contribution in [0.5, 0.6) is 0 Å². The van der Waals surface area contributed by atoms with Crippen LogP contribution in [-0.2, 0) is 11.3 Å². The first-order valence-corrected chi connectivity index (χ1v) is 10.8. The molecule has 1 saturated heterocycles. The van der Waals surface area contributed by atoms with Crippen LogP contribution in [0.3, 0.4) is 0 Å². The van der Waals surface area contributed by atoms with Gasteiger partial charge in [0.25, 0.3) is 5.91 Å². The Bertz CT molecular complexity index is 1100. The molecule has 3 aromatic rings. The molecule has 1 aromatic carbocycles. The third-order valence-electron chi connectivity index (χ3n) is 5.37. The maximum Gasteiger partial charge on any atom is 0.251 e. The van der Waals surface area contributed by atoms with Gasteiger partial charge in [-0.1, -0.05) is 12.1 Å². The Hall–Kier alpha value is -3.75. The number of nitrogens with one attached hydrogen (secondary N) is 2.